The number of carbonyl (C=O) groups is 2. The minimum absolute atomic E-state index is 0.113. The number of hydrogen-bond donors (Lipinski definition) is 5. The van der Waals surface area contributed by atoms with Gasteiger partial charge in [0.1, 0.15) is 0 Å². The van der Waals surface area contributed by atoms with Crippen LogP contribution in [0.15, 0.2) is 24.3 Å². The van der Waals surface area contributed by atoms with E-state index in [2.05, 4.69) is 64.7 Å². The normalized spacial score (nSPS) is 11.6. The smallest absolute Gasteiger partial charge is 0.220 e. The van der Waals surface area contributed by atoms with E-state index in [1.54, 1.807) is 0 Å². The van der Waals surface area contributed by atoms with Crippen molar-refractivity contribution in [3.8, 4) is 0 Å². The molecule has 2 amide bonds. The first-order valence-corrected chi connectivity index (χ1v) is 20.2. The minimum atomic E-state index is 0.113. The maximum absolute atomic E-state index is 12.0. The predicted octanol–water partition coefficient (Wildman–Crippen LogP) is 9.89. The van der Waals surface area contributed by atoms with E-state index in [9.17, 15) is 9.59 Å². The summed E-state index contributed by atoms with van der Waals surface area (Å²) in [5, 5.41) is 15.4. The monoisotopic (exact) mass is 662 g/mol. The minimum Gasteiger partial charge on any atom is -0.344 e. The Morgan fingerprint density at radius 1 is 0.362 bits per heavy atom. The summed E-state index contributed by atoms with van der Waals surface area (Å²) < 4.78 is 0. The molecule has 0 aromatic carbocycles. The molecule has 0 atom stereocenters. The molecule has 0 rings (SSSR count). The quantitative estimate of drug-likeness (QED) is 0.0258. The summed E-state index contributed by atoms with van der Waals surface area (Å²) in [7, 11) is 0. The maximum Gasteiger partial charge on any atom is 0.220 e. The third kappa shape index (κ3) is 40.4. The first-order chi connectivity index (χ1) is 23.2. The van der Waals surface area contributed by atoms with E-state index >= 15 is 0 Å². The summed E-state index contributed by atoms with van der Waals surface area (Å²) >= 11 is 0. The van der Waals surface area contributed by atoms with Crippen LogP contribution in [0.25, 0.3) is 0 Å². The van der Waals surface area contributed by atoms with Crippen LogP contribution >= 0.6 is 0 Å². The van der Waals surface area contributed by atoms with E-state index < -0.39 is 0 Å². The van der Waals surface area contributed by atoms with Crippen molar-refractivity contribution in [3.05, 3.63) is 24.3 Å². The summed E-state index contributed by atoms with van der Waals surface area (Å²) in [4.78, 5) is 24.0. The SMILES string of the molecule is CCCCCCCC/C=C/CCCCCCCC(=O)NCNCNCNCNC(=O)CCCCCCC/C=C/CCCCCCCC. The summed E-state index contributed by atoms with van der Waals surface area (Å²) in [5.74, 6) is 0.226. The number of allylic oxidation sites excluding steroid dienone is 4. The van der Waals surface area contributed by atoms with Crippen molar-refractivity contribution in [2.75, 3.05) is 26.7 Å². The molecule has 0 saturated heterocycles. The van der Waals surface area contributed by atoms with Crippen molar-refractivity contribution in [2.45, 2.75) is 194 Å². The van der Waals surface area contributed by atoms with Gasteiger partial charge in [-0.1, -0.05) is 141 Å². The van der Waals surface area contributed by atoms with Crippen molar-refractivity contribution < 1.29 is 9.59 Å². The Bertz CT molecular complexity index is 655. The average Bonchev–Trinajstić information content (AvgIpc) is 3.07. The standard InChI is InChI=1S/C40H79N5O2/c1-3-5-7-9-11-13-15-17-19-21-23-25-27-29-31-33-39(46)44-37-42-35-41-36-43-38-45-40(47)34-32-30-28-26-24-22-20-18-16-14-12-10-8-6-4-2/h17-20,41-43H,3-16,21-38H2,1-2H3,(H,44,46)(H,45,47)/b19-17+,20-18+. The molecule has 0 aliphatic heterocycles. The van der Waals surface area contributed by atoms with Crippen molar-refractivity contribution >= 4 is 11.8 Å². The lowest BCUT2D eigenvalue weighted by molar-refractivity contribution is -0.122. The molecule has 7 nitrogen and oxygen atoms in total. The molecule has 7 heteroatoms. The number of amides is 2. The molecule has 0 fully saturated rings. The third-order valence-electron chi connectivity index (χ3n) is 8.65. The van der Waals surface area contributed by atoms with Crippen LogP contribution < -0.4 is 26.6 Å². The van der Waals surface area contributed by atoms with Gasteiger partial charge in [0.15, 0.2) is 0 Å². The van der Waals surface area contributed by atoms with Crippen molar-refractivity contribution in [2.24, 2.45) is 0 Å². The van der Waals surface area contributed by atoms with Crippen LogP contribution in [0.1, 0.15) is 194 Å². The first-order valence-electron chi connectivity index (χ1n) is 20.2. The highest BCUT2D eigenvalue weighted by molar-refractivity contribution is 5.76. The van der Waals surface area contributed by atoms with Gasteiger partial charge >= 0.3 is 0 Å². The first kappa shape index (κ1) is 45.3. The zero-order chi connectivity index (χ0) is 34.1. The Morgan fingerprint density at radius 2 is 0.638 bits per heavy atom. The summed E-state index contributed by atoms with van der Waals surface area (Å²) in [6.07, 6.45) is 43.6. The molecule has 47 heavy (non-hydrogen) atoms. The van der Waals surface area contributed by atoms with Gasteiger partial charge in [-0.2, -0.15) is 0 Å². The molecule has 0 aliphatic rings. The molecule has 0 spiro atoms. The fourth-order valence-electron chi connectivity index (χ4n) is 5.58. The second-order valence-electron chi connectivity index (χ2n) is 13.3. The second-order valence-corrected chi connectivity index (χ2v) is 13.3. The van der Waals surface area contributed by atoms with Gasteiger partial charge in [-0.25, -0.2) is 0 Å². The number of unbranched alkanes of at least 4 members (excludes halogenated alkanes) is 22. The van der Waals surface area contributed by atoms with Gasteiger partial charge in [-0.3, -0.25) is 25.5 Å². The zero-order valence-electron chi connectivity index (χ0n) is 31.3. The van der Waals surface area contributed by atoms with E-state index in [1.807, 2.05) is 0 Å². The predicted molar refractivity (Wildman–Crippen MR) is 204 cm³/mol. The highest BCUT2D eigenvalue weighted by atomic mass is 16.2. The molecule has 0 aliphatic carbocycles. The summed E-state index contributed by atoms with van der Waals surface area (Å²) in [6, 6.07) is 0. The van der Waals surface area contributed by atoms with E-state index in [0.717, 1.165) is 25.7 Å². The van der Waals surface area contributed by atoms with Crippen molar-refractivity contribution in [1.82, 2.24) is 26.6 Å². The Balaban J connectivity index is 3.30. The highest BCUT2D eigenvalue weighted by Gasteiger charge is 2.01. The molecule has 0 radical (unpaired) electrons. The Kier molecular flexibility index (Phi) is 39.0. The van der Waals surface area contributed by atoms with Gasteiger partial charge in [0, 0.05) is 26.2 Å². The molecule has 5 N–H and O–H groups in total. The summed E-state index contributed by atoms with van der Waals surface area (Å²) in [6.45, 7) is 6.64. The second kappa shape index (κ2) is 40.5. The van der Waals surface area contributed by atoms with E-state index in [1.165, 1.54) is 141 Å². The van der Waals surface area contributed by atoms with E-state index in [-0.39, 0.29) is 11.8 Å². The van der Waals surface area contributed by atoms with Gasteiger partial charge in [0.25, 0.3) is 0 Å². The highest BCUT2D eigenvalue weighted by Crippen LogP contribution is 2.11. The molecule has 0 aromatic heterocycles. The number of nitrogens with one attached hydrogen (secondary N) is 5. The molecule has 276 valence electrons. The lowest BCUT2D eigenvalue weighted by Crippen LogP contribution is -2.43. The fourth-order valence-corrected chi connectivity index (χ4v) is 5.58. The van der Waals surface area contributed by atoms with Crippen LogP contribution in [0.3, 0.4) is 0 Å². The van der Waals surface area contributed by atoms with Crippen LogP contribution in [0, 0.1) is 0 Å². The van der Waals surface area contributed by atoms with E-state index in [4.69, 9.17) is 0 Å². The van der Waals surface area contributed by atoms with Gasteiger partial charge in [-0.15, -0.1) is 0 Å². The van der Waals surface area contributed by atoms with Gasteiger partial charge in [-0.05, 0) is 64.2 Å². The van der Waals surface area contributed by atoms with Crippen LogP contribution in [0.4, 0.5) is 0 Å². The van der Waals surface area contributed by atoms with Crippen LogP contribution in [0.2, 0.25) is 0 Å². The van der Waals surface area contributed by atoms with Gasteiger partial charge < -0.3 is 10.6 Å². The molecule has 0 heterocycles. The van der Waals surface area contributed by atoms with Crippen LogP contribution in [0.5, 0.6) is 0 Å². The molecule has 0 unspecified atom stereocenters. The molecule has 0 aromatic rings. The van der Waals surface area contributed by atoms with Crippen LogP contribution in [-0.4, -0.2) is 38.5 Å². The van der Waals surface area contributed by atoms with Gasteiger partial charge in [0.05, 0.1) is 13.3 Å². The molecular formula is C40H79N5O2. The van der Waals surface area contributed by atoms with Gasteiger partial charge in [0.2, 0.25) is 11.8 Å². The van der Waals surface area contributed by atoms with Crippen LogP contribution in [-0.2, 0) is 9.59 Å². The Morgan fingerprint density at radius 3 is 0.979 bits per heavy atom. The molecule has 0 bridgehead atoms. The molecule has 0 saturated carbocycles. The lowest BCUT2D eigenvalue weighted by Gasteiger charge is -2.10. The maximum atomic E-state index is 12.0. The van der Waals surface area contributed by atoms with Crippen molar-refractivity contribution in [1.29, 1.82) is 0 Å². The molecular weight excluding hydrogens is 582 g/mol. The topological polar surface area (TPSA) is 94.3 Å². The fraction of sp³-hybridized carbons (Fsp3) is 0.850. The zero-order valence-corrected chi connectivity index (χ0v) is 31.3. The van der Waals surface area contributed by atoms with E-state index in [0.29, 0.717) is 39.5 Å². The lowest BCUT2D eigenvalue weighted by atomic mass is 10.1. The largest absolute Gasteiger partial charge is 0.344 e. The third-order valence-corrected chi connectivity index (χ3v) is 8.65. The number of carbonyl (C=O) groups excluding carboxylic acids is 2. The van der Waals surface area contributed by atoms with Crippen molar-refractivity contribution in [3.63, 3.8) is 0 Å². The Hall–Kier alpha value is -1.70. The average molecular weight is 662 g/mol. The summed E-state index contributed by atoms with van der Waals surface area (Å²) in [5.41, 5.74) is 0. The Labute approximate surface area is 292 Å². The number of hydrogen-bond acceptors (Lipinski definition) is 5. The number of rotatable bonds is 38.